The van der Waals surface area contributed by atoms with Gasteiger partial charge in [0.05, 0.1) is 30.7 Å². The summed E-state index contributed by atoms with van der Waals surface area (Å²) in [5.41, 5.74) is 0.162. The molecule has 29 heavy (non-hydrogen) atoms. The molecule has 1 saturated carbocycles. The molecule has 162 valence electrons. The molecule has 3 rings (SSSR count). The summed E-state index contributed by atoms with van der Waals surface area (Å²) in [6.45, 7) is 10.8. The van der Waals surface area contributed by atoms with E-state index in [0.717, 1.165) is 12.8 Å². The molecule has 6 heteroatoms. The van der Waals surface area contributed by atoms with Crippen LogP contribution in [0.5, 0.6) is 0 Å². The zero-order valence-electron chi connectivity index (χ0n) is 18.5. The molecule has 6 unspecified atom stereocenters. The predicted octanol–water partition coefficient (Wildman–Crippen LogP) is 2.61. The molecule has 0 aromatic rings. The maximum atomic E-state index is 12.4. The lowest BCUT2D eigenvalue weighted by Crippen LogP contribution is -2.56. The van der Waals surface area contributed by atoms with Gasteiger partial charge in [-0.25, -0.2) is 0 Å². The Morgan fingerprint density at radius 1 is 1.41 bits per heavy atom. The van der Waals surface area contributed by atoms with Gasteiger partial charge in [0.2, 0.25) is 0 Å². The molecule has 0 amide bonds. The third kappa shape index (κ3) is 4.69. The van der Waals surface area contributed by atoms with E-state index in [1.165, 1.54) is 5.57 Å². The van der Waals surface area contributed by atoms with Crippen molar-refractivity contribution in [1.29, 1.82) is 0 Å². The second kappa shape index (κ2) is 8.03. The van der Waals surface area contributed by atoms with Crippen LogP contribution >= 0.6 is 0 Å². The number of epoxide rings is 2. The average Bonchev–Trinajstić information content (AvgIpc) is 3.57. The van der Waals surface area contributed by atoms with Gasteiger partial charge >= 0.3 is 5.97 Å². The van der Waals surface area contributed by atoms with Crippen molar-refractivity contribution in [3.05, 3.63) is 11.6 Å². The maximum absolute atomic E-state index is 12.4. The Morgan fingerprint density at radius 3 is 2.66 bits per heavy atom. The third-order valence-electron chi connectivity index (χ3n) is 6.56. The van der Waals surface area contributed by atoms with E-state index < -0.39 is 5.54 Å². The highest BCUT2D eigenvalue weighted by Crippen LogP contribution is 2.59. The van der Waals surface area contributed by atoms with Crippen LogP contribution in [0.4, 0.5) is 0 Å². The van der Waals surface area contributed by atoms with E-state index in [0.29, 0.717) is 13.0 Å². The van der Waals surface area contributed by atoms with Gasteiger partial charge in [0.1, 0.15) is 23.4 Å². The Hall–Kier alpha value is -1.39. The molecule has 0 bridgehead atoms. The summed E-state index contributed by atoms with van der Waals surface area (Å²) in [5.74, 6) is 2.32. The summed E-state index contributed by atoms with van der Waals surface area (Å²) in [6, 6.07) is 0. The van der Waals surface area contributed by atoms with Crippen molar-refractivity contribution in [3.63, 3.8) is 0 Å². The summed E-state index contributed by atoms with van der Waals surface area (Å²) in [6.07, 6.45) is 9.65. The van der Waals surface area contributed by atoms with Crippen LogP contribution in [-0.4, -0.2) is 61.3 Å². The molecular weight excluding hydrogens is 370 g/mol. The van der Waals surface area contributed by atoms with Crippen LogP contribution in [0.25, 0.3) is 0 Å². The van der Waals surface area contributed by atoms with E-state index in [2.05, 4.69) is 38.1 Å². The molecule has 0 aromatic heterocycles. The lowest BCUT2D eigenvalue weighted by molar-refractivity contribution is -0.171. The summed E-state index contributed by atoms with van der Waals surface area (Å²) >= 11 is 0. The SMILES string of the molecule is C#CC(C)(C)NCC(=O)OC1CCC2(CO2)C(C2(C)OC2CC=C(C)C)C1OC. The zero-order valence-corrected chi connectivity index (χ0v) is 18.5. The van der Waals surface area contributed by atoms with Crippen molar-refractivity contribution in [2.45, 2.75) is 88.9 Å². The van der Waals surface area contributed by atoms with E-state index in [4.69, 9.17) is 25.4 Å². The molecule has 3 fully saturated rings. The van der Waals surface area contributed by atoms with Crippen LogP contribution in [0.1, 0.15) is 53.9 Å². The van der Waals surface area contributed by atoms with Gasteiger partial charge in [-0.1, -0.05) is 17.6 Å². The van der Waals surface area contributed by atoms with E-state index >= 15 is 0 Å². The molecule has 1 spiro atoms. The zero-order chi connectivity index (χ0) is 21.4. The van der Waals surface area contributed by atoms with E-state index in [9.17, 15) is 4.79 Å². The van der Waals surface area contributed by atoms with Crippen molar-refractivity contribution >= 4 is 5.97 Å². The first-order valence-electron chi connectivity index (χ1n) is 10.5. The molecular formula is C23H35NO5. The molecule has 2 saturated heterocycles. The smallest absolute Gasteiger partial charge is 0.320 e. The normalized spacial score (nSPS) is 38.2. The van der Waals surface area contributed by atoms with Crippen molar-refractivity contribution < 1.29 is 23.7 Å². The molecule has 0 radical (unpaired) electrons. The summed E-state index contributed by atoms with van der Waals surface area (Å²) in [7, 11) is 1.68. The van der Waals surface area contributed by atoms with Crippen molar-refractivity contribution in [2.24, 2.45) is 5.92 Å². The monoisotopic (exact) mass is 405 g/mol. The van der Waals surface area contributed by atoms with Crippen molar-refractivity contribution in [2.75, 3.05) is 20.3 Å². The highest BCUT2D eigenvalue weighted by Gasteiger charge is 2.72. The van der Waals surface area contributed by atoms with Gasteiger partial charge in [-0.2, -0.15) is 0 Å². The van der Waals surface area contributed by atoms with Crippen molar-refractivity contribution in [3.8, 4) is 12.3 Å². The quantitative estimate of drug-likeness (QED) is 0.290. The van der Waals surface area contributed by atoms with E-state index in [1.807, 2.05) is 13.8 Å². The summed E-state index contributed by atoms with van der Waals surface area (Å²) < 4.78 is 23.8. The third-order valence-corrected chi connectivity index (χ3v) is 6.56. The minimum Gasteiger partial charge on any atom is -0.459 e. The van der Waals surface area contributed by atoms with Crippen LogP contribution in [0.2, 0.25) is 0 Å². The fraction of sp³-hybridized carbons (Fsp3) is 0.783. The lowest BCUT2D eigenvalue weighted by atomic mass is 9.68. The number of carbonyl (C=O) groups is 1. The van der Waals surface area contributed by atoms with E-state index in [-0.39, 0.29) is 47.9 Å². The molecule has 1 aliphatic carbocycles. The first-order chi connectivity index (χ1) is 13.6. The van der Waals surface area contributed by atoms with Gasteiger partial charge < -0.3 is 18.9 Å². The Kier molecular flexibility index (Phi) is 6.18. The van der Waals surface area contributed by atoms with Crippen LogP contribution in [0.3, 0.4) is 0 Å². The fourth-order valence-corrected chi connectivity index (χ4v) is 4.62. The second-order valence-electron chi connectivity index (χ2n) is 9.53. The molecule has 2 heterocycles. The predicted molar refractivity (Wildman–Crippen MR) is 110 cm³/mol. The number of esters is 1. The Labute approximate surface area is 174 Å². The molecule has 6 atom stereocenters. The van der Waals surface area contributed by atoms with Gasteiger partial charge in [0.25, 0.3) is 0 Å². The Balaban J connectivity index is 1.68. The highest BCUT2D eigenvalue weighted by atomic mass is 16.6. The lowest BCUT2D eigenvalue weighted by Gasteiger charge is -2.42. The summed E-state index contributed by atoms with van der Waals surface area (Å²) in [4.78, 5) is 12.4. The number of hydrogen-bond acceptors (Lipinski definition) is 6. The number of terminal acetylenes is 1. The molecule has 0 aromatic carbocycles. The number of hydrogen-bond donors (Lipinski definition) is 1. The Morgan fingerprint density at radius 2 is 2.10 bits per heavy atom. The van der Waals surface area contributed by atoms with Gasteiger partial charge in [-0.3, -0.25) is 10.1 Å². The molecule has 2 aliphatic heterocycles. The number of ether oxygens (including phenoxy) is 4. The van der Waals surface area contributed by atoms with Crippen LogP contribution in [0, 0.1) is 18.3 Å². The number of methoxy groups -OCH3 is 1. The number of carbonyl (C=O) groups excluding carboxylic acids is 1. The van der Waals surface area contributed by atoms with Gasteiger partial charge in [0, 0.05) is 7.11 Å². The van der Waals surface area contributed by atoms with Gasteiger partial charge in [-0.05, 0) is 53.9 Å². The number of nitrogens with one attached hydrogen (secondary N) is 1. The van der Waals surface area contributed by atoms with Gasteiger partial charge in [-0.15, -0.1) is 6.42 Å². The number of allylic oxidation sites excluding steroid dienone is 1. The first-order valence-corrected chi connectivity index (χ1v) is 10.5. The van der Waals surface area contributed by atoms with E-state index in [1.54, 1.807) is 7.11 Å². The van der Waals surface area contributed by atoms with Crippen LogP contribution in [-0.2, 0) is 23.7 Å². The van der Waals surface area contributed by atoms with Crippen molar-refractivity contribution in [1.82, 2.24) is 5.32 Å². The molecule has 6 nitrogen and oxygen atoms in total. The Bertz CT molecular complexity index is 701. The molecule has 1 N–H and O–H groups in total. The minimum absolute atomic E-state index is 0.0252. The maximum Gasteiger partial charge on any atom is 0.320 e. The standard InChI is InChI=1S/C23H35NO5/c1-8-21(4,5)24-13-18(25)28-16-11-12-23(14-27-23)20(19(16)26-7)22(6)17(29-22)10-9-15(2)3/h1,9,16-17,19-20,24H,10-14H2,2-7H3. The second-order valence-corrected chi connectivity index (χ2v) is 9.53. The average molecular weight is 406 g/mol. The molecule has 3 aliphatic rings. The fourth-order valence-electron chi connectivity index (χ4n) is 4.62. The first kappa shape index (κ1) is 22.3. The largest absolute Gasteiger partial charge is 0.459 e. The highest BCUT2D eigenvalue weighted by molar-refractivity contribution is 5.72. The minimum atomic E-state index is -0.561. The van der Waals surface area contributed by atoms with Crippen LogP contribution in [0.15, 0.2) is 11.6 Å². The number of rotatable bonds is 8. The van der Waals surface area contributed by atoms with Gasteiger partial charge in [0.15, 0.2) is 0 Å². The summed E-state index contributed by atoms with van der Waals surface area (Å²) in [5, 5.41) is 3.04. The van der Waals surface area contributed by atoms with Crippen LogP contribution < -0.4 is 5.32 Å². The topological polar surface area (TPSA) is 72.6 Å².